The number of hydrogen-bond acceptors (Lipinski definition) is 3. The van der Waals surface area contributed by atoms with Gasteiger partial charge >= 0.3 is 0 Å². The maximum absolute atomic E-state index is 13.6. The van der Waals surface area contributed by atoms with E-state index < -0.39 is 0 Å². The Labute approximate surface area is 160 Å². The van der Waals surface area contributed by atoms with Crippen LogP contribution in [0.15, 0.2) is 28.1 Å². The number of piperazine rings is 1. The van der Waals surface area contributed by atoms with Crippen LogP contribution in [0.2, 0.25) is 0 Å². The van der Waals surface area contributed by atoms with Gasteiger partial charge in [0.05, 0.1) is 6.54 Å². The lowest BCUT2D eigenvalue weighted by Gasteiger charge is -2.37. The highest BCUT2D eigenvalue weighted by atomic mass is 32.2. The molecule has 0 bridgehead atoms. The second-order valence-electron chi connectivity index (χ2n) is 6.59. The maximum Gasteiger partial charge on any atom is 0.225 e. The van der Waals surface area contributed by atoms with Crippen LogP contribution in [0, 0.1) is 11.7 Å². The van der Waals surface area contributed by atoms with Gasteiger partial charge in [-0.1, -0.05) is 13.8 Å². The van der Waals surface area contributed by atoms with Crippen LogP contribution in [-0.4, -0.2) is 60.6 Å². The summed E-state index contributed by atoms with van der Waals surface area (Å²) < 4.78 is 13.6. The van der Waals surface area contributed by atoms with Crippen molar-refractivity contribution in [3.8, 4) is 0 Å². The van der Waals surface area contributed by atoms with Crippen molar-refractivity contribution in [3.05, 3.63) is 29.6 Å². The summed E-state index contributed by atoms with van der Waals surface area (Å²) in [6.45, 7) is 10.0. The Kier molecular flexibility index (Phi) is 7.75. The topological polar surface area (TPSA) is 47.9 Å². The van der Waals surface area contributed by atoms with Crippen molar-refractivity contribution in [2.75, 3.05) is 39.0 Å². The average Bonchev–Trinajstić information content (AvgIpc) is 2.64. The minimum atomic E-state index is -0.237. The quantitative estimate of drug-likeness (QED) is 0.485. The molecule has 2 rings (SSSR count). The number of halogens is 1. The van der Waals surface area contributed by atoms with E-state index in [1.807, 2.05) is 31.9 Å². The molecule has 1 heterocycles. The number of carbonyl (C=O) groups is 1. The largest absolute Gasteiger partial charge is 0.357 e. The lowest BCUT2D eigenvalue weighted by Crippen LogP contribution is -2.54. The third kappa shape index (κ3) is 5.37. The van der Waals surface area contributed by atoms with E-state index >= 15 is 0 Å². The summed E-state index contributed by atoms with van der Waals surface area (Å²) in [7, 11) is 0. The summed E-state index contributed by atoms with van der Waals surface area (Å²) in [5.74, 6) is 0.816. The van der Waals surface area contributed by atoms with Crippen LogP contribution in [0.1, 0.15) is 26.3 Å². The van der Waals surface area contributed by atoms with Crippen LogP contribution < -0.4 is 5.32 Å². The highest BCUT2D eigenvalue weighted by Crippen LogP contribution is 2.22. The standard InChI is InChI=1S/C19H29FN4OS/c1-5-21-19(22-13-15-12-16(20)6-7-17(15)26-4)24-10-8-23(9-11-24)18(25)14(2)3/h6-7,12,14H,5,8-11,13H2,1-4H3,(H,21,22). The zero-order valence-electron chi connectivity index (χ0n) is 16.1. The van der Waals surface area contributed by atoms with E-state index in [0.29, 0.717) is 19.6 Å². The lowest BCUT2D eigenvalue weighted by molar-refractivity contribution is -0.135. The second-order valence-corrected chi connectivity index (χ2v) is 7.44. The molecule has 1 amide bonds. The minimum Gasteiger partial charge on any atom is -0.357 e. The molecule has 1 aromatic rings. The molecule has 0 aliphatic carbocycles. The molecule has 0 aromatic heterocycles. The van der Waals surface area contributed by atoms with Crippen molar-refractivity contribution in [2.45, 2.75) is 32.2 Å². The molecule has 26 heavy (non-hydrogen) atoms. The Bertz CT molecular complexity index is 642. The second kappa shape index (κ2) is 9.80. The number of nitrogens with zero attached hydrogens (tertiary/aromatic N) is 3. The molecule has 0 radical (unpaired) electrons. The van der Waals surface area contributed by atoms with E-state index in [1.54, 1.807) is 23.9 Å². The molecule has 1 aliphatic heterocycles. The number of guanidine groups is 1. The van der Waals surface area contributed by atoms with Gasteiger partial charge in [-0.3, -0.25) is 4.79 Å². The summed E-state index contributed by atoms with van der Waals surface area (Å²) in [4.78, 5) is 22.0. The zero-order valence-corrected chi connectivity index (χ0v) is 16.9. The van der Waals surface area contributed by atoms with Gasteiger partial charge in [0.1, 0.15) is 5.82 Å². The van der Waals surface area contributed by atoms with E-state index in [0.717, 1.165) is 36.1 Å². The first-order chi connectivity index (χ1) is 12.5. The van der Waals surface area contributed by atoms with Crippen LogP contribution in [0.5, 0.6) is 0 Å². The number of rotatable bonds is 5. The van der Waals surface area contributed by atoms with E-state index in [-0.39, 0.29) is 17.6 Å². The maximum atomic E-state index is 13.6. The molecule has 0 unspecified atom stereocenters. The zero-order chi connectivity index (χ0) is 19.1. The first-order valence-electron chi connectivity index (χ1n) is 9.10. The number of nitrogens with one attached hydrogen (secondary N) is 1. The molecule has 1 N–H and O–H groups in total. The van der Waals surface area contributed by atoms with E-state index in [2.05, 4.69) is 10.2 Å². The normalized spacial score (nSPS) is 15.5. The molecule has 7 heteroatoms. The van der Waals surface area contributed by atoms with Gasteiger partial charge in [0.25, 0.3) is 0 Å². The van der Waals surface area contributed by atoms with Crippen molar-refractivity contribution in [2.24, 2.45) is 10.9 Å². The Morgan fingerprint density at radius 3 is 2.50 bits per heavy atom. The summed E-state index contributed by atoms with van der Waals surface area (Å²) in [6, 6.07) is 4.83. The molecular formula is C19H29FN4OS. The molecule has 1 fully saturated rings. The molecule has 144 valence electrons. The molecule has 1 aromatic carbocycles. The number of amides is 1. The fraction of sp³-hybridized carbons (Fsp3) is 0.579. The third-order valence-corrected chi connectivity index (χ3v) is 5.20. The summed E-state index contributed by atoms with van der Waals surface area (Å²) >= 11 is 1.60. The fourth-order valence-electron chi connectivity index (χ4n) is 2.96. The number of thioether (sulfide) groups is 1. The van der Waals surface area contributed by atoms with Gasteiger partial charge in [-0.05, 0) is 36.9 Å². The van der Waals surface area contributed by atoms with E-state index in [9.17, 15) is 9.18 Å². The third-order valence-electron chi connectivity index (χ3n) is 4.36. The molecular weight excluding hydrogens is 351 g/mol. The number of hydrogen-bond donors (Lipinski definition) is 1. The molecule has 0 atom stereocenters. The number of carbonyl (C=O) groups excluding carboxylic acids is 1. The first kappa shape index (κ1) is 20.6. The predicted octanol–water partition coefficient (Wildman–Crippen LogP) is 2.81. The van der Waals surface area contributed by atoms with Gasteiger partial charge in [0.15, 0.2) is 5.96 Å². The smallest absolute Gasteiger partial charge is 0.225 e. The van der Waals surface area contributed by atoms with Gasteiger partial charge in [0, 0.05) is 43.5 Å². The van der Waals surface area contributed by atoms with E-state index in [1.165, 1.54) is 6.07 Å². The number of aliphatic imine (C=N–C) groups is 1. The highest BCUT2D eigenvalue weighted by Gasteiger charge is 2.24. The molecule has 0 saturated carbocycles. The highest BCUT2D eigenvalue weighted by molar-refractivity contribution is 7.98. The van der Waals surface area contributed by atoms with Gasteiger partial charge in [0.2, 0.25) is 5.91 Å². The Morgan fingerprint density at radius 1 is 1.27 bits per heavy atom. The minimum absolute atomic E-state index is 0.0291. The van der Waals surface area contributed by atoms with Crippen LogP contribution in [-0.2, 0) is 11.3 Å². The van der Waals surface area contributed by atoms with Crippen molar-refractivity contribution < 1.29 is 9.18 Å². The Balaban J connectivity index is 2.06. The lowest BCUT2D eigenvalue weighted by atomic mass is 10.1. The summed E-state index contributed by atoms with van der Waals surface area (Å²) in [6.07, 6.45) is 1.98. The van der Waals surface area contributed by atoms with E-state index in [4.69, 9.17) is 4.99 Å². The van der Waals surface area contributed by atoms with Crippen molar-refractivity contribution in [1.82, 2.24) is 15.1 Å². The van der Waals surface area contributed by atoms with Crippen LogP contribution in [0.3, 0.4) is 0 Å². The Morgan fingerprint density at radius 2 is 1.92 bits per heavy atom. The monoisotopic (exact) mass is 380 g/mol. The van der Waals surface area contributed by atoms with Crippen molar-refractivity contribution in [3.63, 3.8) is 0 Å². The summed E-state index contributed by atoms with van der Waals surface area (Å²) in [5, 5.41) is 3.31. The SMILES string of the molecule is CCNC(=NCc1cc(F)ccc1SC)N1CCN(C(=O)C(C)C)CC1. The van der Waals surface area contributed by atoms with Gasteiger partial charge < -0.3 is 15.1 Å². The van der Waals surface area contributed by atoms with Crippen LogP contribution in [0.25, 0.3) is 0 Å². The number of benzene rings is 1. The van der Waals surface area contributed by atoms with Gasteiger partial charge in [-0.25, -0.2) is 9.38 Å². The first-order valence-corrected chi connectivity index (χ1v) is 10.3. The average molecular weight is 381 g/mol. The van der Waals surface area contributed by atoms with Crippen LogP contribution in [0.4, 0.5) is 4.39 Å². The predicted molar refractivity (Wildman–Crippen MR) is 106 cm³/mol. The Hall–Kier alpha value is -1.76. The summed E-state index contributed by atoms with van der Waals surface area (Å²) in [5.41, 5.74) is 0.890. The molecule has 1 aliphatic rings. The fourth-order valence-corrected chi connectivity index (χ4v) is 3.55. The molecule has 0 spiro atoms. The van der Waals surface area contributed by atoms with Gasteiger partial charge in [-0.15, -0.1) is 11.8 Å². The van der Waals surface area contributed by atoms with Crippen LogP contribution >= 0.6 is 11.8 Å². The molecule has 5 nitrogen and oxygen atoms in total. The van der Waals surface area contributed by atoms with Gasteiger partial charge in [-0.2, -0.15) is 0 Å². The molecule has 1 saturated heterocycles. The van der Waals surface area contributed by atoms with Crippen molar-refractivity contribution in [1.29, 1.82) is 0 Å². The van der Waals surface area contributed by atoms with Crippen molar-refractivity contribution >= 4 is 23.6 Å².